The van der Waals surface area contributed by atoms with Crippen LogP contribution in [0.1, 0.15) is 12.8 Å². The Balaban J connectivity index is 2.89. The molecular weight excluding hydrogens is 162 g/mol. The molecule has 0 bridgehead atoms. The average molecular weight is 170 g/mol. The summed E-state index contributed by atoms with van der Waals surface area (Å²) in [6.45, 7) is 0.0232. The maximum Gasteiger partial charge on any atom is 0.100 e. The summed E-state index contributed by atoms with van der Waals surface area (Å²) in [6.07, 6.45) is 3.10. The molecule has 0 aliphatic heterocycles. The fraction of sp³-hybridized carbons (Fsp3) is 0.375. The topological polar surface area (TPSA) is 44.0 Å². The van der Waals surface area contributed by atoms with Gasteiger partial charge in [0.2, 0.25) is 0 Å². The van der Waals surface area contributed by atoms with E-state index in [2.05, 4.69) is 0 Å². The van der Waals surface area contributed by atoms with Gasteiger partial charge < -0.3 is 5.11 Å². The van der Waals surface area contributed by atoms with Crippen LogP contribution in [0.5, 0.6) is 0 Å². The first-order chi connectivity index (χ1) is 5.27. The normalized spacial score (nSPS) is 17.7. The summed E-state index contributed by atoms with van der Waals surface area (Å²) in [7, 11) is 0. The zero-order chi connectivity index (χ0) is 8.27. The van der Waals surface area contributed by atoms with Crippen LogP contribution in [0.4, 0.5) is 0 Å². The molecule has 1 aliphatic rings. The first kappa shape index (κ1) is 8.32. The predicted molar refractivity (Wildman–Crippen MR) is 42.9 cm³/mol. The molecule has 1 N–H and O–H groups in total. The Labute approximate surface area is 70.4 Å². The summed E-state index contributed by atoms with van der Waals surface area (Å²) in [5.74, 6) is 0. The Morgan fingerprint density at radius 1 is 1.64 bits per heavy atom. The van der Waals surface area contributed by atoms with Crippen molar-refractivity contribution in [3.63, 3.8) is 0 Å². The molecule has 0 spiro atoms. The minimum absolute atomic E-state index is 0.0232. The van der Waals surface area contributed by atoms with Crippen molar-refractivity contribution < 1.29 is 5.11 Å². The van der Waals surface area contributed by atoms with Crippen molar-refractivity contribution in [2.24, 2.45) is 0 Å². The van der Waals surface area contributed by atoms with E-state index in [0.29, 0.717) is 17.0 Å². The highest BCUT2D eigenvalue weighted by molar-refractivity contribution is 6.30. The summed E-state index contributed by atoms with van der Waals surface area (Å²) in [5, 5.41) is 17.9. The van der Waals surface area contributed by atoms with Gasteiger partial charge >= 0.3 is 0 Å². The van der Waals surface area contributed by atoms with Crippen LogP contribution >= 0.6 is 11.6 Å². The molecule has 0 radical (unpaired) electrons. The largest absolute Gasteiger partial charge is 0.392 e. The van der Waals surface area contributed by atoms with Crippen LogP contribution in [0.25, 0.3) is 0 Å². The van der Waals surface area contributed by atoms with E-state index >= 15 is 0 Å². The highest BCUT2D eigenvalue weighted by Gasteiger charge is 2.10. The van der Waals surface area contributed by atoms with Gasteiger partial charge in [0.1, 0.15) is 6.07 Å². The first-order valence-electron chi connectivity index (χ1n) is 3.37. The number of hydrogen-bond donors (Lipinski definition) is 1. The molecule has 0 amide bonds. The van der Waals surface area contributed by atoms with E-state index in [0.717, 1.165) is 12.0 Å². The second-order valence-corrected chi connectivity index (χ2v) is 2.85. The molecule has 2 nitrogen and oxygen atoms in total. The van der Waals surface area contributed by atoms with Crippen LogP contribution in [0.3, 0.4) is 0 Å². The quantitative estimate of drug-likeness (QED) is 0.650. The molecule has 0 saturated carbocycles. The highest BCUT2D eigenvalue weighted by atomic mass is 35.5. The lowest BCUT2D eigenvalue weighted by molar-refractivity contribution is 0.326. The van der Waals surface area contributed by atoms with Gasteiger partial charge in [-0.25, -0.2) is 0 Å². The van der Waals surface area contributed by atoms with E-state index in [1.807, 2.05) is 6.07 Å². The van der Waals surface area contributed by atoms with E-state index in [1.54, 1.807) is 6.08 Å². The van der Waals surface area contributed by atoms with Gasteiger partial charge in [-0.05, 0) is 24.5 Å². The minimum Gasteiger partial charge on any atom is -0.392 e. The van der Waals surface area contributed by atoms with Crippen LogP contribution in [-0.4, -0.2) is 11.7 Å². The van der Waals surface area contributed by atoms with Crippen LogP contribution in [0.15, 0.2) is 22.3 Å². The van der Waals surface area contributed by atoms with Crippen LogP contribution in [0.2, 0.25) is 0 Å². The third kappa shape index (κ3) is 1.83. The van der Waals surface area contributed by atoms with Crippen LogP contribution < -0.4 is 0 Å². The van der Waals surface area contributed by atoms with Crippen LogP contribution in [-0.2, 0) is 0 Å². The van der Waals surface area contributed by atoms with E-state index < -0.39 is 0 Å². The highest BCUT2D eigenvalue weighted by Crippen LogP contribution is 2.25. The van der Waals surface area contributed by atoms with Gasteiger partial charge in [0.25, 0.3) is 0 Å². The third-order valence-corrected chi connectivity index (χ3v) is 2.02. The SMILES string of the molecule is N#CC1=C(Cl)CCC(CO)=C1. The van der Waals surface area contributed by atoms with E-state index in [9.17, 15) is 0 Å². The maximum absolute atomic E-state index is 8.75. The molecule has 0 aromatic carbocycles. The molecule has 1 aliphatic carbocycles. The second kappa shape index (κ2) is 3.56. The molecule has 0 saturated heterocycles. The smallest absolute Gasteiger partial charge is 0.100 e. The fourth-order valence-corrected chi connectivity index (χ4v) is 1.17. The molecule has 0 atom stereocenters. The molecule has 0 aromatic rings. The zero-order valence-electron chi connectivity index (χ0n) is 5.97. The summed E-state index contributed by atoms with van der Waals surface area (Å²) < 4.78 is 0. The molecule has 11 heavy (non-hydrogen) atoms. The minimum atomic E-state index is 0.0232. The fourth-order valence-electron chi connectivity index (χ4n) is 0.977. The second-order valence-electron chi connectivity index (χ2n) is 2.39. The summed E-state index contributed by atoms with van der Waals surface area (Å²) in [5.41, 5.74) is 1.37. The number of rotatable bonds is 1. The van der Waals surface area contributed by atoms with Gasteiger partial charge in [-0.2, -0.15) is 5.26 Å². The lowest BCUT2D eigenvalue weighted by Crippen LogP contribution is -1.98. The van der Waals surface area contributed by atoms with Crippen molar-refractivity contribution in [1.29, 1.82) is 5.26 Å². The molecule has 1 rings (SSSR count). The average Bonchev–Trinajstić information content (AvgIpc) is 2.05. The Bertz CT molecular complexity index is 260. The summed E-state index contributed by atoms with van der Waals surface area (Å²) in [4.78, 5) is 0. The van der Waals surface area contributed by atoms with Gasteiger partial charge in [0, 0.05) is 5.03 Å². The zero-order valence-corrected chi connectivity index (χ0v) is 6.73. The summed E-state index contributed by atoms with van der Waals surface area (Å²) in [6, 6.07) is 1.98. The van der Waals surface area contributed by atoms with Gasteiger partial charge in [-0.3, -0.25) is 0 Å². The Morgan fingerprint density at radius 3 is 2.91 bits per heavy atom. The number of aliphatic hydroxyl groups excluding tert-OH is 1. The Kier molecular flexibility index (Phi) is 2.70. The Morgan fingerprint density at radius 2 is 2.36 bits per heavy atom. The van der Waals surface area contributed by atoms with Crippen molar-refractivity contribution >= 4 is 11.6 Å². The monoisotopic (exact) mass is 169 g/mol. The van der Waals surface area contributed by atoms with E-state index in [4.69, 9.17) is 22.0 Å². The number of allylic oxidation sites excluding steroid dienone is 3. The first-order valence-corrected chi connectivity index (χ1v) is 3.74. The molecule has 0 aromatic heterocycles. The number of nitrogens with zero attached hydrogens (tertiary/aromatic N) is 1. The molecule has 0 unspecified atom stereocenters. The maximum atomic E-state index is 8.75. The molecule has 58 valence electrons. The van der Waals surface area contributed by atoms with Crippen molar-refractivity contribution in [3.8, 4) is 6.07 Å². The van der Waals surface area contributed by atoms with Gasteiger partial charge in [0.05, 0.1) is 12.2 Å². The molecule has 0 fully saturated rings. The molecule has 3 heteroatoms. The Hall–Kier alpha value is -0.780. The van der Waals surface area contributed by atoms with Gasteiger partial charge in [-0.1, -0.05) is 11.6 Å². The van der Waals surface area contributed by atoms with Crippen molar-refractivity contribution in [2.75, 3.05) is 6.61 Å². The van der Waals surface area contributed by atoms with E-state index in [-0.39, 0.29) is 6.61 Å². The van der Waals surface area contributed by atoms with Gasteiger partial charge in [0.15, 0.2) is 0 Å². The van der Waals surface area contributed by atoms with Crippen molar-refractivity contribution in [2.45, 2.75) is 12.8 Å². The number of nitriles is 1. The lowest BCUT2D eigenvalue weighted by atomic mass is 10.0. The lowest BCUT2D eigenvalue weighted by Gasteiger charge is -2.09. The molecular formula is C8H8ClNO. The number of halogens is 1. The predicted octanol–water partition coefficient (Wildman–Crippen LogP) is 1.72. The van der Waals surface area contributed by atoms with Crippen molar-refractivity contribution in [3.05, 3.63) is 22.3 Å². The number of aliphatic hydroxyl groups is 1. The van der Waals surface area contributed by atoms with Crippen LogP contribution in [0, 0.1) is 11.3 Å². The number of hydrogen-bond acceptors (Lipinski definition) is 2. The van der Waals surface area contributed by atoms with E-state index in [1.165, 1.54) is 0 Å². The summed E-state index contributed by atoms with van der Waals surface area (Å²) >= 11 is 5.74. The standard InChI is InChI=1S/C8H8ClNO/c9-8-2-1-6(5-11)3-7(8)4-10/h3,11H,1-2,5H2. The van der Waals surface area contributed by atoms with Crippen molar-refractivity contribution in [1.82, 2.24) is 0 Å². The molecule has 0 heterocycles. The van der Waals surface area contributed by atoms with Gasteiger partial charge in [-0.15, -0.1) is 0 Å². The third-order valence-electron chi connectivity index (χ3n) is 1.63.